The average Bonchev–Trinajstić information content (AvgIpc) is 2.69. The molecule has 5 nitrogen and oxygen atoms in total. The number of carbonyl (C=O) groups is 1. The molecule has 0 saturated heterocycles. The number of unbranched alkanes of at least 4 members (excludes halogenated alkanes) is 1. The summed E-state index contributed by atoms with van der Waals surface area (Å²) in [5.74, 6) is -0.397. The number of aromatic nitrogens is 3. The molecule has 1 heterocycles. The normalized spacial score (nSPS) is 10.4. The van der Waals surface area contributed by atoms with Crippen LogP contribution in [-0.4, -0.2) is 28.1 Å². The molecule has 0 aliphatic heterocycles. The maximum atomic E-state index is 11.5. The van der Waals surface area contributed by atoms with E-state index in [0.717, 1.165) is 37.9 Å². The number of methoxy groups -OCH3 is 1. The van der Waals surface area contributed by atoms with Crippen molar-refractivity contribution in [2.45, 2.75) is 46.1 Å². The molecular formula is C11H19N3O2. The molecule has 16 heavy (non-hydrogen) atoms. The van der Waals surface area contributed by atoms with E-state index >= 15 is 0 Å². The first-order valence-electron chi connectivity index (χ1n) is 5.75. The van der Waals surface area contributed by atoms with Crippen molar-refractivity contribution in [1.82, 2.24) is 15.0 Å². The Balaban J connectivity index is 2.92. The van der Waals surface area contributed by atoms with Gasteiger partial charge < -0.3 is 4.74 Å². The molecule has 0 atom stereocenters. The van der Waals surface area contributed by atoms with Gasteiger partial charge in [-0.15, -0.1) is 5.10 Å². The van der Waals surface area contributed by atoms with Gasteiger partial charge in [0.2, 0.25) is 0 Å². The van der Waals surface area contributed by atoms with E-state index < -0.39 is 5.97 Å². The van der Waals surface area contributed by atoms with Crippen LogP contribution in [0.15, 0.2) is 0 Å². The molecule has 1 aromatic rings. The highest BCUT2D eigenvalue weighted by Crippen LogP contribution is 2.10. The van der Waals surface area contributed by atoms with Gasteiger partial charge in [0.1, 0.15) is 0 Å². The molecule has 0 aliphatic rings. The zero-order valence-electron chi connectivity index (χ0n) is 10.2. The number of nitrogens with zero attached hydrogens (tertiary/aromatic N) is 3. The average molecular weight is 225 g/mol. The van der Waals surface area contributed by atoms with E-state index in [0.29, 0.717) is 5.69 Å². The summed E-state index contributed by atoms with van der Waals surface area (Å²) < 4.78 is 6.50. The molecule has 5 heteroatoms. The Morgan fingerprint density at radius 2 is 2.12 bits per heavy atom. The summed E-state index contributed by atoms with van der Waals surface area (Å²) in [7, 11) is 1.36. The number of hydrogen-bond donors (Lipinski definition) is 0. The van der Waals surface area contributed by atoms with Crippen molar-refractivity contribution >= 4 is 5.97 Å². The number of rotatable bonds is 6. The first-order chi connectivity index (χ1) is 7.74. The van der Waals surface area contributed by atoms with Crippen LogP contribution in [-0.2, 0) is 17.7 Å². The van der Waals surface area contributed by atoms with Crippen molar-refractivity contribution < 1.29 is 9.53 Å². The molecule has 0 aromatic carbocycles. The predicted molar refractivity (Wildman–Crippen MR) is 60.3 cm³/mol. The van der Waals surface area contributed by atoms with Crippen LogP contribution in [0.1, 0.15) is 49.3 Å². The third-order valence-electron chi connectivity index (χ3n) is 2.43. The summed E-state index contributed by atoms with van der Waals surface area (Å²) in [6, 6.07) is 0. The van der Waals surface area contributed by atoms with Crippen molar-refractivity contribution in [1.29, 1.82) is 0 Å². The molecule has 90 valence electrons. The van der Waals surface area contributed by atoms with Crippen LogP contribution in [0.3, 0.4) is 0 Å². The zero-order valence-corrected chi connectivity index (χ0v) is 10.2. The summed E-state index contributed by atoms with van der Waals surface area (Å²) in [6.45, 7) is 5.01. The van der Waals surface area contributed by atoms with E-state index in [1.165, 1.54) is 7.11 Å². The number of esters is 1. The van der Waals surface area contributed by atoms with Gasteiger partial charge in [-0.3, -0.25) is 0 Å². The number of aryl methyl sites for hydroxylation is 1. The molecular weight excluding hydrogens is 206 g/mol. The lowest BCUT2D eigenvalue weighted by Crippen LogP contribution is -2.09. The highest BCUT2D eigenvalue weighted by molar-refractivity contribution is 5.88. The standard InChI is InChI=1S/C11H19N3O2/c1-4-6-8-14-9(7-5-2)10(12-13-14)11(15)16-3/h4-8H2,1-3H3. The second-order valence-electron chi connectivity index (χ2n) is 3.70. The van der Waals surface area contributed by atoms with Gasteiger partial charge in [-0.05, 0) is 12.8 Å². The first-order valence-corrected chi connectivity index (χ1v) is 5.75. The minimum atomic E-state index is -0.397. The van der Waals surface area contributed by atoms with Gasteiger partial charge in [0.15, 0.2) is 5.69 Å². The Kier molecular flexibility index (Phi) is 4.95. The smallest absolute Gasteiger partial charge is 0.360 e. The molecule has 0 unspecified atom stereocenters. The monoisotopic (exact) mass is 225 g/mol. The molecule has 0 bridgehead atoms. The largest absolute Gasteiger partial charge is 0.464 e. The van der Waals surface area contributed by atoms with Gasteiger partial charge in [0, 0.05) is 6.54 Å². The van der Waals surface area contributed by atoms with E-state index in [2.05, 4.69) is 28.9 Å². The maximum absolute atomic E-state index is 11.5. The fourth-order valence-corrected chi connectivity index (χ4v) is 1.56. The highest BCUT2D eigenvalue weighted by atomic mass is 16.5. The van der Waals surface area contributed by atoms with Crippen molar-refractivity contribution in [3.8, 4) is 0 Å². The fraction of sp³-hybridized carbons (Fsp3) is 0.727. The van der Waals surface area contributed by atoms with E-state index in [1.807, 2.05) is 4.68 Å². The molecule has 0 radical (unpaired) electrons. The van der Waals surface area contributed by atoms with Crippen molar-refractivity contribution in [3.05, 3.63) is 11.4 Å². The van der Waals surface area contributed by atoms with Crippen molar-refractivity contribution in [3.63, 3.8) is 0 Å². The number of hydrogen-bond acceptors (Lipinski definition) is 4. The van der Waals surface area contributed by atoms with Gasteiger partial charge in [-0.2, -0.15) is 0 Å². The van der Waals surface area contributed by atoms with Gasteiger partial charge in [-0.1, -0.05) is 31.9 Å². The molecule has 1 aromatic heterocycles. The molecule has 0 spiro atoms. The van der Waals surface area contributed by atoms with Gasteiger partial charge in [-0.25, -0.2) is 9.48 Å². The summed E-state index contributed by atoms with van der Waals surface area (Å²) in [5.41, 5.74) is 1.25. The van der Waals surface area contributed by atoms with Crippen molar-refractivity contribution in [2.24, 2.45) is 0 Å². The van der Waals surface area contributed by atoms with Gasteiger partial charge >= 0.3 is 5.97 Å². The van der Waals surface area contributed by atoms with Crippen LogP contribution in [0.5, 0.6) is 0 Å². The minimum absolute atomic E-state index is 0.362. The van der Waals surface area contributed by atoms with Crippen LogP contribution in [0, 0.1) is 0 Å². The lowest BCUT2D eigenvalue weighted by Gasteiger charge is -2.05. The molecule has 1 rings (SSSR count). The third kappa shape index (κ3) is 2.81. The molecule has 0 fully saturated rings. The summed E-state index contributed by atoms with van der Waals surface area (Å²) >= 11 is 0. The molecule has 0 N–H and O–H groups in total. The Morgan fingerprint density at radius 1 is 1.38 bits per heavy atom. The van der Waals surface area contributed by atoms with Gasteiger partial charge in [0.25, 0.3) is 0 Å². The number of ether oxygens (including phenoxy) is 1. The Labute approximate surface area is 95.8 Å². The minimum Gasteiger partial charge on any atom is -0.464 e. The fourth-order valence-electron chi connectivity index (χ4n) is 1.56. The maximum Gasteiger partial charge on any atom is 0.360 e. The summed E-state index contributed by atoms with van der Waals surface area (Å²) in [4.78, 5) is 11.5. The Hall–Kier alpha value is -1.39. The summed E-state index contributed by atoms with van der Waals surface area (Å²) in [5, 5.41) is 7.90. The van der Waals surface area contributed by atoms with Crippen LogP contribution < -0.4 is 0 Å². The molecule has 0 aliphatic carbocycles. The SMILES string of the molecule is CCCCn1nnc(C(=O)OC)c1CCC. The molecule has 0 saturated carbocycles. The van der Waals surface area contributed by atoms with E-state index in [9.17, 15) is 4.79 Å². The Bertz CT molecular complexity index is 347. The van der Waals surface area contributed by atoms with E-state index in [4.69, 9.17) is 0 Å². The Morgan fingerprint density at radius 3 is 2.69 bits per heavy atom. The topological polar surface area (TPSA) is 57.0 Å². The second kappa shape index (κ2) is 6.25. The second-order valence-corrected chi connectivity index (χ2v) is 3.70. The van der Waals surface area contributed by atoms with Gasteiger partial charge in [0.05, 0.1) is 12.8 Å². The molecule has 0 amide bonds. The number of carbonyl (C=O) groups excluding carboxylic acids is 1. The highest BCUT2D eigenvalue weighted by Gasteiger charge is 2.18. The van der Waals surface area contributed by atoms with E-state index in [-0.39, 0.29) is 0 Å². The van der Waals surface area contributed by atoms with Crippen LogP contribution in [0.2, 0.25) is 0 Å². The predicted octanol–water partition coefficient (Wildman–Crippen LogP) is 1.82. The van der Waals surface area contributed by atoms with Crippen LogP contribution in [0.25, 0.3) is 0 Å². The van der Waals surface area contributed by atoms with Crippen LogP contribution in [0.4, 0.5) is 0 Å². The zero-order chi connectivity index (χ0) is 12.0. The van der Waals surface area contributed by atoms with Crippen LogP contribution >= 0.6 is 0 Å². The summed E-state index contributed by atoms with van der Waals surface area (Å²) in [6.07, 6.45) is 3.91. The first kappa shape index (κ1) is 12.7. The lowest BCUT2D eigenvalue weighted by atomic mass is 10.2. The van der Waals surface area contributed by atoms with Crippen molar-refractivity contribution in [2.75, 3.05) is 7.11 Å². The quantitative estimate of drug-likeness (QED) is 0.693. The third-order valence-corrected chi connectivity index (χ3v) is 2.43. The van der Waals surface area contributed by atoms with E-state index in [1.54, 1.807) is 0 Å². The lowest BCUT2D eigenvalue weighted by molar-refractivity contribution is 0.0592.